The lowest BCUT2D eigenvalue weighted by Crippen LogP contribution is -2.12. The molecule has 0 amide bonds. The van der Waals surface area contributed by atoms with E-state index in [4.69, 9.17) is 11.6 Å². The minimum absolute atomic E-state index is 0.140. The zero-order valence-electron chi connectivity index (χ0n) is 7.57. The number of aryl methyl sites for hydroxylation is 1. The van der Waals surface area contributed by atoms with Crippen molar-refractivity contribution in [2.24, 2.45) is 0 Å². The molecule has 1 N–H and O–H groups in total. The Hall–Kier alpha value is -0.670. The van der Waals surface area contributed by atoms with Crippen molar-refractivity contribution in [3.63, 3.8) is 0 Å². The lowest BCUT2D eigenvalue weighted by Gasteiger charge is -2.13. The molecular formula is C10H9ClF2O. The molecule has 0 spiro atoms. The number of benzene rings is 1. The fourth-order valence-corrected chi connectivity index (χ4v) is 1.76. The van der Waals surface area contributed by atoms with Gasteiger partial charge in [0.1, 0.15) is 5.82 Å². The molecule has 0 heterocycles. The Balaban J connectivity index is 2.68. The summed E-state index contributed by atoms with van der Waals surface area (Å²) in [5.74, 6) is -1.53. The molecule has 2 rings (SSSR count). The number of hydrogen-bond acceptors (Lipinski definition) is 1. The maximum absolute atomic E-state index is 13.5. The quantitative estimate of drug-likeness (QED) is 0.719. The van der Waals surface area contributed by atoms with Crippen LogP contribution < -0.4 is 0 Å². The van der Waals surface area contributed by atoms with E-state index < -0.39 is 17.2 Å². The molecule has 0 aliphatic heterocycles. The van der Waals surface area contributed by atoms with Crippen LogP contribution in [0.5, 0.6) is 0 Å². The van der Waals surface area contributed by atoms with E-state index in [2.05, 4.69) is 0 Å². The Bertz CT molecular complexity index is 373. The first kappa shape index (κ1) is 9.87. The minimum atomic E-state index is -1.33. The van der Waals surface area contributed by atoms with Gasteiger partial charge in [-0.15, -0.1) is 0 Å². The normalized spacial score (nSPS) is 18.4. The molecule has 0 atom stereocenters. The van der Waals surface area contributed by atoms with Crippen molar-refractivity contribution < 1.29 is 13.9 Å². The highest BCUT2D eigenvalue weighted by molar-refractivity contribution is 6.30. The van der Waals surface area contributed by atoms with Crippen LogP contribution in [0.4, 0.5) is 8.78 Å². The van der Waals surface area contributed by atoms with Gasteiger partial charge in [0.2, 0.25) is 0 Å². The van der Waals surface area contributed by atoms with Gasteiger partial charge in [0.25, 0.3) is 0 Å². The van der Waals surface area contributed by atoms with Gasteiger partial charge in [-0.25, -0.2) is 8.78 Å². The van der Waals surface area contributed by atoms with Crippen molar-refractivity contribution in [2.75, 3.05) is 0 Å². The van der Waals surface area contributed by atoms with Crippen LogP contribution in [0.2, 0.25) is 5.02 Å². The molecule has 1 fully saturated rings. The van der Waals surface area contributed by atoms with Gasteiger partial charge in [-0.05, 0) is 31.4 Å². The van der Waals surface area contributed by atoms with E-state index in [1.807, 2.05) is 0 Å². The smallest absolute Gasteiger partial charge is 0.150 e. The largest absolute Gasteiger partial charge is 0.385 e. The standard InChI is InChI=1S/C10H9ClF2O/c1-5-4-6(11)9(13)7(8(5)12)10(14)2-3-10/h4,14H,2-3H2,1H3. The molecule has 0 aromatic heterocycles. The van der Waals surface area contributed by atoms with E-state index in [0.717, 1.165) is 0 Å². The van der Waals surface area contributed by atoms with Crippen LogP contribution in [-0.2, 0) is 5.60 Å². The first-order valence-corrected chi connectivity index (χ1v) is 4.70. The molecule has 0 radical (unpaired) electrons. The minimum Gasteiger partial charge on any atom is -0.385 e. The number of halogens is 3. The second-order valence-corrected chi connectivity index (χ2v) is 4.12. The molecule has 1 aromatic carbocycles. The van der Waals surface area contributed by atoms with E-state index in [0.29, 0.717) is 12.8 Å². The summed E-state index contributed by atoms with van der Waals surface area (Å²) < 4.78 is 27.0. The molecular weight excluding hydrogens is 210 g/mol. The van der Waals surface area contributed by atoms with Gasteiger partial charge in [0.15, 0.2) is 5.82 Å². The van der Waals surface area contributed by atoms with Crippen molar-refractivity contribution in [2.45, 2.75) is 25.4 Å². The fraction of sp³-hybridized carbons (Fsp3) is 0.400. The first-order chi connectivity index (χ1) is 6.46. The highest BCUT2D eigenvalue weighted by Gasteiger charge is 2.47. The van der Waals surface area contributed by atoms with Gasteiger partial charge in [-0.1, -0.05) is 11.6 Å². The average Bonchev–Trinajstić information content (AvgIpc) is 2.81. The molecule has 0 saturated heterocycles. The molecule has 14 heavy (non-hydrogen) atoms. The second kappa shape index (κ2) is 2.91. The van der Waals surface area contributed by atoms with Crippen LogP contribution in [0, 0.1) is 18.6 Å². The van der Waals surface area contributed by atoms with Crippen molar-refractivity contribution in [1.82, 2.24) is 0 Å². The molecule has 4 heteroatoms. The predicted molar refractivity (Wildman–Crippen MR) is 49.2 cm³/mol. The van der Waals surface area contributed by atoms with Gasteiger partial charge in [0.05, 0.1) is 16.2 Å². The lowest BCUT2D eigenvalue weighted by molar-refractivity contribution is 0.141. The third-order valence-electron chi connectivity index (χ3n) is 2.53. The molecule has 0 unspecified atom stereocenters. The maximum Gasteiger partial charge on any atom is 0.150 e. The molecule has 1 aliphatic carbocycles. The Morgan fingerprint density at radius 1 is 1.36 bits per heavy atom. The summed E-state index contributed by atoms with van der Waals surface area (Å²) in [6, 6.07) is 1.22. The van der Waals surface area contributed by atoms with Crippen molar-refractivity contribution >= 4 is 11.6 Å². The van der Waals surface area contributed by atoms with Crippen molar-refractivity contribution in [3.05, 3.63) is 33.9 Å². The fourth-order valence-electron chi connectivity index (χ4n) is 1.51. The zero-order valence-corrected chi connectivity index (χ0v) is 8.33. The summed E-state index contributed by atoms with van der Waals surface area (Å²) in [5, 5.41) is 9.53. The van der Waals surface area contributed by atoms with Crippen LogP contribution in [-0.4, -0.2) is 5.11 Å². The molecule has 76 valence electrons. The Morgan fingerprint density at radius 3 is 2.43 bits per heavy atom. The van der Waals surface area contributed by atoms with Crippen LogP contribution in [0.1, 0.15) is 24.0 Å². The van der Waals surface area contributed by atoms with Crippen LogP contribution in [0.15, 0.2) is 6.07 Å². The highest BCUT2D eigenvalue weighted by Crippen LogP contribution is 2.48. The zero-order chi connectivity index (χ0) is 10.5. The van der Waals surface area contributed by atoms with E-state index in [1.165, 1.54) is 13.0 Å². The topological polar surface area (TPSA) is 20.2 Å². The van der Waals surface area contributed by atoms with E-state index in [9.17, 15) is 13.9 Å². The van der Waals surface area contributed by atoms with E-state index >= 15 is 0 Å². The lowest BCUT2D eigenvalue weighted by atomic mass is 10.0. The van der Waals surface area contributed by atoms with Gasteiger partial charge in [0, 0.05) is 0 Å². The van der Waals surface area contributed by atoms with Gasteiger partial charge >= 0.3 is 0 Å². The van der Waals surface area contributed by atoms with Crippen molar-refractivity contribution in [3.8, 4) is 0 Å². The summed E-state index contributed by atoms with van der Waals surface area (Å²) in [6.45, 7) is 1.50. The summed E-state index contributed by atoms with van der Waals surface area (Å²) in [5.41, 5.74) is -1.35. The van der Waals surface area contributed by atoms with Gasteiger partial charge < -0.3 is 5.11 Å². The summed E-state index contributed by atoms with van der Waals surface area (Å²) in [6.07, 6.45) is 0.779. The number of rotatable bonds is 1. The molecule has 0 bridgehead atoms. The third kappa shape index (κ3) is 1.31. The average molecular weight is 219 g/mol. The molecule has 1 saturated carbocycles. The SMILES string of the molecule is Cc1cc(Cl)c(F)c(C2(O)CC2)c1F. The van der Waals surface area contributed by atoms with Crippen LogP contribution in [0.3, 0.4) is 0 Å². The Morgan fingerprint density at radius 2 is 1.93 bits per heavy atom. The van der Waals surface area contributed by atoms with Crippen LogP contribution >= 0.6 is 11.6 Å². The summed E-state index contributed by atoms with van der Waals surface area (Å²) in [7, 11) is 0. The molecule has 1 aromatic rings. The first-order valence-electron chi connectivity index (χ1n) is 4.33. The highest BCUT2D eigenvalue weighted by atomic mass is 35.5. The maximum atomic E-state index is 13.5. The molecule has 1 aliphatic rings. The van der Waals surface area contributed by atoms with E-state index in [1.54, 1.807) is 0 Å². The number of hydrogen-bond donors (Lipinski definition) is 1. The third-order valence-corrected chi connectivity index (χ3v) is 2.80. The monoisotopic (exact) mass is 218 g/mol. The number of aliphatic hydroxyl groups is 1. The van der Waals surface area contributed by atoms with Crippen LogP contribution in [0.25, 0.3) is 0 Å². The predicted octanol–water partition coefficient (Wildman–Crippen LogP) is 2.91. The van der Waals surface area contributed by atoms with Crippen molar-refractivity contribution in [1.29, 1.82) is 0 Å². The van der Waals surface area contributed by atoms with E-state index in [-0.39, 0.29) is 16.1 Å². The Labute approximate surface area is 85.3 Å². The van der Waals surface area contributed by atoms with Gasteiger partial charge in [-0.2, -0.15) is 0 Å². The van der Waals surface area contributed by atoms with Gasteiger partial charge in [-0.3, -0.25) is 0 Å². The summed E-state index contributed by atoms with van der Waals surface area (Å²) >= 11 is 5.57. The second-order valence-electron chi connectivity index (χ2n) is 3.71. The summed E-state index contributed by atoms with van der Waals surface area (Å²) in [4.78, 5) is 0. The Kier molecular flexibility index (Phi) is 2.05. The molecule has 1 nitrogen and oxygen atoms in total.